The quantitative estimate of drug-likeness (QED) is 0.905. The van der Waals surface area contributed by atoms with E-state index >= 15 is 0 Å². The van der Waals surface area contributed by atoms with Gasteiger partial charge in [0.1, 0.15) is 5.69 Å². The molecule has 0 radical (unpaired) electrons. The summed E-state index contributed by atoms with van der Waals surface area (Å²) in [5, 5.41) is 3.38. The zero-order chi connectivity index (χ0) is 13.8. The summed E-state index contributed by atoms with van der Waals surface area (Å²) in [5.41, 5.74) is 0.750. The van der Waals surface area contributed by atoms with Crippen molar-refractivity contribution in [3.63, 3.8) is 0 Å². The molecular weight excluding hydrogens is 264 g/mol. The molecule has 4 nitrogen and oxygen atoms in total. The van der Waals surface area contributed by atoms with Crippen LogP contribution in [0.25, 0.3) is 0 Å². The first-order chi connectivity index (χ1) is 9.08. The second-order valence-corrected chi connectivity index (χ2v) is 4.55. The lowest BCUT2D eigenvalue weighted by Crippen LogP contribution is -2.28. The Hall–Kier alpha value is -2.07. The molecule has 0 aliphatic carbocycles. The maximum atomic E-state index is 12.0. The predicted molar refractivity (Wildman–Crippen MR) is 74.4 cm³/mol. The number of carbonyl (C=O) groups excluding carboxylic acids is 1. The average Bonchev–Trinajstić information content (AvgIpc) is 2.39. The SMILES string of the molecule is CC(NC(=O)c1cccc(=O)[nH]1)c1ccccc1Cl. The maximum absolute atomic E-state index is 12.0. The highest BCUT2D eigenvalue weighted by Gasteiger charge is 2.13. The Bertz CT molecular complexity index is 652. The number of aromatic amines is 1. The fourth-order valence-corrected chi connectivity index (χ4v) is 2.06. The third-order valence-corrected chi connectivity index (χ3v) is 3.08. The van der Waals surface area contributed by atoms with Crippen LogP contribution in [0.2, 0.25) is 5.02 Å². The number of rotatable bonds is 3. The first-order valence-corrected chi connectivity index (χ1v) is 6.20. The predicted octanol–water partition coefficient (Wildman–Crippen LogP) is 2.52. The summed E-state index contributed by atoms with van der Waals surface area (Å²) in [6, 6.07) is 11.5. The van der Waals surface area contributed by atoms with E-state index < -0.39 is 0 Å². The van der Waals surface area contributed by atoms with E-state index in [1.165, 1.54) is 12.1 Å². The lowest BCUT2D eigenvalue weighted by Gasteiger charge is -2.15. The third kappa shape index (κ3) is 3.23. The van der Waals surface area contributed by atoms with Crippen LogP contribution < -0.4 is 10.9 Å². The molecule has 0 spiro atoms. The van der Waals surface area contributed by atoms with E-state index in [1.54, 1.807) is 12.1 Å². The van der Waals surface area contributed by atoms with Gasteiger partial charge in [0.2, 0.25) is 5.56 Å². The van der Waals surface area contributed by atoms with Crippen molar-refractivity contribution in [2.75, 3.05) is 0 Å². The van der Waals surface area contributed by atoms with E-state index in [0.29, 0.717) is 5.02 Å². The van der Waals surface area contributed by atoms with Gasteiger partial charge in [-0.2, -0.15) is 0 Å². The zero-order valence-electron chi connectivity index (χ0n) is 10.3. The smallest absolute Gasteiger partial charge is 0.268 e. The van der Waals surface area contributed by atoms with Gasteiger partial charge in [-0.15, -0.1) is 0 Å². The van der Waals surface area contributed by atoms with Gasteiger partial charge >= 0.3 is 0 Å². The third-order valence-electron chi connectivity index (χ3n) is 2.73. The molecule has 1 amide bonds. The Morgan fingerprint density at radius 1 is 1.21 bits per heavy atom. The molecule has 5 heteroatoms. The van der Waals surface area contributed by atoms with E-state index in [-0.39, 0.29) is 23.2 Å². The van der Waals surface area contributed by atoms with Crippen LogP contribution in [-0.2, 0) is 0 Å². The molecule has 19 heavy (non-hydrogen) atoms. The van der Waals surface area contributed by atoms with E-state index in [2.05, 4.69) is 10.3 Å². The van der Waals surface area contributed by atoms with Crippen LogP contribution >= 0.6 is 11.6 Å². The van der Waals surface area contributed by atoms with Crippen molar-refractivity contribution in [1.82, 2.24) is 10.3 Å². The number of pyridine rings is 1. The van der Waals surface area contributed by atoms with Gasteiger partial charge in [0.15, 0.2) is 0 Å². The molecule has 2 rings (SSSR count). The number of carbonyl (C=O) groups is 1. The van der Waals surface area contributed by atoms with Gasteiger partial charge in [0.25, 0.3) is 5.91 Å². The van der Waals surface area contributed by atoms with Gasteiger partial charge in [0, 0.05) is 11.1 Å². The Morgan fingerprint density at radius 2 is 1.95 bits per heavy atom. The highest BCUT2D eigenvalue weighted by atomic mass is 35.5. The number of H-pyrrole nitrogens is 1. The van der Waals surface area contributed by atoms with Crippen LogP contribution in [0.1, 0.15) is 29.0 Å². The molecule has 1 atom stereocenters. The van der Waals surface area contributed by atoms with Crippen LogP contribution in [0.3, 0.4) is 0 Å². The fraction of sp³-hybridized carbons (Fsp3) is 0.143. The van der Waals surface area contributed by atoms with Gasteiger partial charge in [-0.1, -0.05) is 35.9 Å². The molecule has 0 saturated heterocycles. The van der Waals surface area contributed by atoms with Crippen molar-refractivity contribution in [3.05, 3.63) is 69.1 Å². The van der Waals surface area contributed by atoms with E-state index in [1.807, 2.05) is 25.1 Å². The highest BCUT2D eigenvalue weighted by Crippen LogP contribution is 2.22. The average molecular weight is 277 g/mol. The Kier molecular flexibility index (Phi) is 4.02. The molecule has 1 unspecified atom stereocenters. The normalized spacial score (nSPS) is 11.9. The van der Waals surface area contributed by atoms with Gasteiger partial charge < -0.3 is 10.3 Å². The Labute approximate surface area is 115 Å². The van der Waals surface area contributed by atoms with Gasteiger partial charge in [0.05, 0.1) is 6.04 Å². The minimum absolute atomic E-state index is 0.228. The van der Waals surface area contributed by atoms with Crippen molar-refractivity contribution in [2.24, 2.45) is 0 Å². The van der Waals surface area contributed by atoms with Crippen LogP contribution in [0.5, 0.6) is 0 Å². The number of aromatic nitrogens is 1. The van der Waals surface area contributed by atoms with Crippen LogP contribution in [0, 0.1) is 0 Å². The van der Waals surface area contributed by atoms with Crippen molar-refractivity contribution in [1.29, 1.82) is 0 Å². The molecule has 0 aliphatic rings. The Balaban J connectivity index is 2.16. The molecule has 0 fully saturated rings. The summed E-state index contributed by atoms with van der Waals surface area (Å²) in [6.07, 6.45) is 0. The maximum Gasteiger partial charge on any atom is 0.268 e. The Morgan fingerprint density at radius 3 is 2.63 bits per heavy atom. The van der Waals surface area contributed by atoms with E-state index in [0.717, 1.165) is 5.56 Å². The minimum atomic E-state index is -0.342. The first-order valence-electron chi connectivity index (χ1n) is 5.82. The molecule has 2 aromatic rings. The van der Waals surface area contributed by atoms with Gasteiger partial charge in [-0.25, -0.2) is 0 Å². The lowest BCUT2D eigenvalue weighted by atomic mass is 10.1. The minimum Gasteiger partial charge on any atom is -0.344 e. The molecule has 1 heterocycles. The van der Waals surface area contributed by atoms with Crippen molar-refractivity contribution < 1.29 is 4.79 Å². The summed E-state index contributed by atoms with van der Waals surface area (Å²) < 4.78 is 0. The van der Waals surface area contributed by atoms with Gasteiger partial charge in [-0.3, -0.25) is 9.59 Å². The number of amides is 1. The fourth-order valence-electron chi connectivity index (χ4n) is 1.76. The molecule has 1 aromatic heterocycles. The standard InChI is InChI=1S/C14H13ClN2O2/c1-9(10-5-2-3-6-11(10)15)16-14(19)12-7-4-8-13(18)17-12/h2-9H,1H3,(H,16,19)(H,17,18). The number of halogens is 1. The van der Waals surface area contributed by atoms with Crippen LogP contribution in [-0.4, -0.2) is 10.9 Å². The molecular formula is C14H13ClN2O2. The van der Waals surface area contributed by atoms with Crippen LogP contribution in [0.15, 0.2) is 47.3 Å². The molecule has 0 saturated carbocycles. The number of hydrogen-bond acceptors (Lipinski definition) is 2. The molecule has 1 aromatic carbocycles. The molecule has 0 bridgehead atoms. The van der Waals surface area contributed by atoms with Crippen molar-refractivity contribution in [3.8, 4) is 0 Å². The number of nitrogens with one attached hydrogen (secondary N) is 2. The van der Waals surface area contributed by atoms with Gasteiger partial charge in [-0.05, 0) is 24.6 Å². The molecule has 98 valence electrons. The summed E-state index contributed by atoms with van der Waals surface area (Å²) in [4.78, 5) is 25.6. The first kappa shape index (κ1) is 13.4. The summed E-state index contributed by atoms with van der Waals surface area (Å²) >= 11 is 6.06. The number of hydrogen-bond donors (Lipinski definition) is 2. The highest BCUT2D eigenvalue weighted by molar-refractivity contribution is 6.31. The summed E-state index contributed by atoms with van der Waals surface area (Å²) in [5.74, 6) is -0.342. The van der Waals surface area contributed by atoms with E-state index in [4.69, 9.17) is 11.6 Å². The van der Waals surface area contributed by atoms with E-state index in [9.17, 15) is 9.59 Å². The zero-order valence-corrected chi connectivity index (χ0v) is 11.1. The monoisotopic (exact) mass is 276 g/mol. The number of benzene rings is 1. The summed E-state index contributed by atoms with van der Waals surface area (Å²) in [6.45, 7) is 1.83. The van der Waals surface area contributed by atoms with Crippen molar-refractivity contribution in [2.45, 2.75) is 13.0 Å². The molecule has 2 N–H and O–H groups in total. The molecule has 0 aliphatic heterocycles. The largest absolute Gasteiger partial charge is 0.344 e. The second-order valence-electron chi connectivity index (χ2n) is 4.15. The van der Waals surface area contributed by atoms with Crippen molar-refractivity contribution >= 4 is 17.5 Å². The topological polar surface area (TPSA) is 62.0 Å². The lowest BCUT2D eigenvalue weighted by molar-refractivity contribution is 0.0934. The summed E-state index contributed by atoms with van der Waals surface area (Å²) in [7, 11) is 0. The second kappa shape index (κ2) is 5.71. The van der Waals surface area contributed by atoms with Crippen LogP contribution in [0.4, 0.5) is 0 Å².